The minimum absolute atomic E-state index is 0.233. The summed E-state index contributed by atoms with van der Waals surface area (Å²) in [6.45, 7) is 10.7. The number of thiophene rings is 1. The van der Waals surface area contributed by atoms with E-state index in [1.807, 2.05) is 13.8 Å². The number of aliphatic hydroxyl groups excluding tert-OH is 1. The Morgan fingerprint density at radius 3 is 2.41 bits per heavy atom. The lowest BCUT2D eigenvalue weighted by Crippen LogP contribution is -2.17. The maximum atomic E-state index is 12.6. The Hall–Kier alpha value is -2.45. The smallest absolute Gasteiger partial charge is 0.355 e. The van der Waals surface area contributed by atoms with Crippen molar-refractivity contribution < 1.29 is 14.6 Å². The van der Waals surface area contributed by atoms with Crippen LogP contribution in [0.4, 0.5) is 0 Å². The summed E-state index contributed by atoms with van der Waals surface area (Å²) in [4.78, 5) is 36.8. The molecular weight excluding hydrogens is 366 g/mol. The number of hydrogen-bond donors (Lipinski definition) is 3. The second-order valence-electron chi connectivity index (χ2n) is 6.80. The minimum Gasteiger partial charge on any atom is -0.450 e. The molecule has 8 heteroatoms. The van der Waals surface area contributed by atoms with Crippen LogP contribution in [0.3, 0.4) is 0 Å². The number of carbonyl (C=O) groups is 1. The van der Waals surface area contributed by atoms with Crippen LogP contribution in [0.1, 0.15) is 69.6 Å². The van der Waals surface area contributed by atoms with Gasteiger partial charge in [-0.2, -0.15) is 0 Å². The number of rotatable bonds is 4. The van der Waals surface area contributed by atoms with Crippen molar-refractivity contribution in [1.82, 2.24) is 15.0 Å². The predicted molar refractivity (Wildman–Crippen MR) is 104 cm³/mol. The molecule has 27 heavy (non-hydrogen) atoms. The first-order chi connectivity index (χ1) is 12.6. The largest absolute Gasteiger partial charge is 0.450 e. The highest BCUT2D eigenvalue weighted by molar-refractivity contribution is 7.18. The standard InChI is InChI=1S/C19H23N3O4S/c1-7-12(6)27-18-14(7)17(24)21-16(22-18)11(5)26-19(25)15-8(2)13(10(4)23)9(3)20-15/h10-11,20,23H,1-6H3,(H,21,22,24)/t10-,11-/m0/s1. The highest BCUT2D eigenvalue weighted by atomic mass is 32.1. The highest BCUT2D eigenvalue weighted by Gasteiger charge is 2.24. The molecule has 3 rings (SSSR count). The van der Waals surface area contributed by atoms with Crippen LogP contribution in [0.15, 0.2) is 4.79 Å². The first-order valence-electron chi connectivity index (χ1n) is 8.69. The van der Waals surface area contributed by atoms with Crippen LogP contribution in [-0.4, -0.2) is 26.0 Å². The molecule has 3 aromatic rings. The van der Waals surface area contributed by atoms with Gasteiger partial charge in [0.1, 0.15) is 10.5 Å². The first-order valence-corrected chi connectivity index (χ1v) is 9.51. The molecule has 0 spiro atoms. The number of carbonyl (C=O) groups excluding carboxylic acids is 1. The van der Waals surface area contributed by atoms with Gasteiger partial charge in [-0.15, -0.1) is 11.3 Å². The van der Waals surface area contributed by atoms with E-state index in [0.717, 1.165) is 16.1 Å². The second-order valence-corrected chi connectivity index (χ2v) is 8.00. The van der Waals surface area contributed by atoms with Crippen LogP contribution in [0.25, 0.3) is 10.2 Å². The highest BCUT2D eigenvalue weighted by Crippen LogP contribution is 2.28. The summed E-state index contributed by atoms with van der Waals surface area (Å²) in [5.41, 5.74) is 3.04. The molecule has 0 saturated heterocycles. The van der Waals surface area contributed by atoms with Gasteiger partial charge in [0, 0.05) is 16.1 Å². The minimum atomic E-state index is -0.727. The summed E-state index contributed by atoms with van der Waals surface area (Å²) in [5.74, 6) is -0.255. The van der Waals surface area contributed by atoms with Crippen molar-refractivity contribution >= 4 is 27.5 Å². The molecule has 0 unspecified atom stereocenters. The van der Waals surface area contributed by atoms with Crippen LogP contribution in [0.5, 0.6) is 0 Å². The molecule has 3 heterocycles. The number of aromatic amines is 2. The number of nitrogens with one attached hydrogen (secondary N) is 2. The number of esters is 1. The molecule has 7 nitrogen and oxygen atoms in total. The third kappa shape index (κ3) is 3.30. The number of aryl methyl sites for hydroxylation is 3. The second kappa shape index (κ2) is 6.94. The predicted octanol–water partition coefficient (Wildman–Crippen LogP) is 3.52. The molecule has 0 radical (unpaired) electrons. The van der Waals surface area contributed by atoms with Gasteiger partial charge in [0.2, 0.25) is 0 Å². The lowest BCUT2D eigenvalue weighted by molar-refractivity contribution is 0.0312. The van der Waals surface area contributed by atoms with Crippen molar-refractivity contribution in [2.75, 3.05) is 0 Å². The van der Waals surface area contributed by atoms with Gasteiger partial charge >= 0.3 is 5.97 Å². The molecule has 0 aliphatic heterocycles. The topological polar surface area (TPSA) is 108 Å². The van der Waals surface area contributed by atoms with Crippen molar-refractivity contribution in [3.8, 4) is 0 Å². The lowest BCUT2D eigenvalue weighted by Gasteiger charge is -2.12. The van der Waals surface area contributed by atoms with Crippen molar-refractivity contribution in [3.05, 3.63) is 49.1 Å². The Bertz CT molecular complexity index is 1090. The third-order valence-corrected chi connectivity index (χ3v) is 5.94. The van der Waals surface area contributed by atoms with Gasteiger partial charge in [0.15, 0.2) is 11.9 Å². The van der Waals surface area contributed by atoms with Crippen LogP contribution in [-0.2, 0) is 4.74 Å². The molecular formula is C19H23N3O4S. The van der Waals surface area contributed by atoms with Gasteiger partial charge in [-0.25, -0.2) is 9.78 Å². The van der Waals surface area contributed by atoms with Gasteiger partial charge in [-0.1, -0.05) is 0 Å². The van der Waals surface area contributed by atoms with E-state index in [1.165, 1.54) is 11.3 Å². The molecule has 0 aliphatic rings. The van der Waals surface area contributed by atoms with Crippen LogP contribution in [0.2, 0.25) is 0 Å². The van der Waals surface area contributed by atoms with E-state index < -0.39 is 18.2 Å². The van der Waals surface area contributed by atoms with Gasteiger partial charge in [0.05, 0.1) is 11.5 Å². The fraction of sp³-hybridized carbons (Fsp3) is 0.421. The quantitative estimate of drug-likeness (QED) is 0.592. The number of hydrogen-bond acceptors (Lipinski definition) is 6. The van der Waals surface area contributed by atoms with E-state index in [-0.39, 0.29) is 5.56 Å². The maximum absolute atomic E-state index is 12.6. The number of ether oxygens (including phenoxy) is 1. The SMILES string of the molecule is Cc1[nH]c(C(=O)O[C@@H](C)c2nc3sc(C)c(C)c3c(=O)[nH]2)c(C)c1[C@H](C)O. The zero-order chi connectivity index (χ0) is 20.0. The normalized spacial score (nSPS) is 13.7. The molecule has 144 valence electrons. The van der Waals surface area contributed by atoms with Gasteiger partial charge in [0.25, 0.3) is 5.56 Å². The molecule has 2 atom stereocenters. The zero-order valence-corrected chi connectivity index (χ0v) is 17.0. The summed E-state index contributed by atoms with van der Waals surface area (Å²) in [5, 5.41) is 10.5. The van der Waals surface area contributed by atoms with E-state index in [4.69, 9.17) is 4.74 Å². The summed E-state index contributed by atoms with van der Waals surface area (Å²) in [6.07, 6.45) is -1.42. The molecule has 3 N–H and O–H groups in total. The van der Waals surface area contributed by atoms with Gasteiger partial charge < -0.3 is 19.8 Å². The molecule has 3 aromatic heterocycles. The number of H-pyrrole nitrogens is 2. The van der Waals surface area contributed by atoms with Gasteiger partial charge in [-0.05, 0) is 52.7 Å². The molecule has 0 aromatic carbocycles. The summed E-state index contributed by atoms with van der Waals surface area (Å²) >= 11 is 1.45. The van der Waals surface area contributed by atoms with Crippen LogP contribution < -0.4 is 5.56 Å². The Kier molecular flexibility index (Phi) is 4.96. The average Bonchev–Trinajstić information content (AvgIpc) is 3.03. The van der Waals surface area contributed by atoms with Crippen molar-refractivity contribution in [3.63, 3.8) is 0 Å². The van der Waals surface area contributed by atoms with Crippen molar-refractivity contribution in [2.45, 2.75) is 53.8 Å². The van der Waals surface area contributed by atoms with Crippen molar-refractivity contribution in [1.29, 1.82) is 0 Å². The van der Waals surface area contributed by atoms with Crippen molar-refractivity contribution in [2.24, 2.45) is 0 Å². The Labute approximate surface area is 160 Å². The van der Waals surface area contributed by atoms with E-state index in [0.29, 0.717) is 32.9 Å². The monoisotopic (exact) mass is 389 g/mol. The Morgan fingerprint density at radius 1 is 1.15 bits per heavy atom. The summed E-state index contributed by atoms with van der Waals surface area (Å²) in [7, 11) is 0. The molecule has 0 fully saturated rings. The maximum Gasteiger partial charge on any atom is 0.355 e. The molecule has 0 amide bonds. The van der Waals surface area contributed by atoms with Crippen LogP contribution in [0, 0.1) is 27.7 Å². The lowest BCUT2D eigenvalue weighted by atomic mass is 10.1. The number of nitrogens with zero attached hydrogens (tertiary/aromatic N) is 1. The number of aromatic nitrogens is 3. The summed E-state index contributed by atoms with van der Waals surface area (Å²) in [6, 6.07) is 0. The number of fused-ring (bicyclic) bond motifs is 1. The van der Waals surface area contributed by atoms with E-state index in [1.54, 1.807) is 27.7 Å². The molecule has 0 saturated carbocycles. The third-order valence-electron chi connectivity index (χ3n) is 4.84. The van der Waals surface area contributed by atoms with Gasteiger partial charge in [-0.3, -0.25) is 4.79 Å². The van der Waals surface area contributed by atoms with E-state index in [9.17, 15) is 14.7 Å². The fourth-order valence-corrected chi connectivity index (χ4v) is 4.37. The summed E-state index contributed by atoms with van der Waals surface area (Å²) < 4.78 is 5.51. The first kappa shape index (κ1) is 19.3. The fourth-order valence-electron chi connectivity index (χ4n) is 3.33. The van der Waals surface area contributed by atoms with E-state index in [2.05, 4.69) is 15.0 Å². The molecule has 0 aliphatic carbocycles. The van der Waals surface area contributed by atoms with E-state index >= 15 is 0 Å². The number of aliphatic hydroxyl groups is 1. The zero-order valence-electron chi connectivity index (χ0n) is 16.2. The van der Waals surface area contributed by atoms with Crippen LogP contribution >= 0.6 is 11.3 Å². The molecule has 0 bridgehead atoms. The Balaban J connectivity index is 1.91. The Morgan fingerprint density at radius 2 is 1.81 bits per heavy atom. The average molecular weight is 389 g/mol.